The molecule has 2 aromatic rings. The molecule has 0 saturated carbocycles. The lowest BCUT2D eigenvalue weighted by molar-refractivity contribution is -0.384. The molecule has 0 aliphatic carbocycles. The van der Waals surface area contributed by atoms with E-state index in [0.717, 1.165) is 10.4 Å². The highest BCUT2D eigenvalue weighted by Gasteiger charge is 2.28. The van der Waals surface area contributed by atoms with Gasteiger partial charge in [-0.1, -0.05) is 0 Å². The number of hydrogen-bond acceptors (Lipinski definition) is 7. The van der Waals surface area contributed by atoms with Gasteiger partial charge in [-0.2, -0.15) is 0 Å². The van der Waals surface area contributed by atoms with Crippen molar-refractivity contribution in [2.24, 2.45) is 4.99 Å². The van der Waals surface area contributed by atoms with E-state index in [-0.39, 0.29) is 22.8 Å². The Morgan fingerprint density at radius 2 is 2.17 bits per heavy atom. The second-order valence-corrected chi connectivity index (χ2v) is 5.89. The van der Waals surface area contributed by atoms with E-state index in [2.05, 4.69) is 4.99 Å². The van der Waals surface area contributed by atoms with Gasteiger partial charge >= 0.3 is 5.97 Å². The number of ether oxygens (including phenoxy) is 2. The number of carbonyl (C=O) groups is 1. The summed E-state index contributed by atoms with van der Waals surface area (Å²) in [6.45, 7) is 1.93. The molecule has 0 radical (unpaired) electrons. The molecule has 0 atom stereocenters. The average Bonchev–Trinajstić information content (AvgIpc) is 3.13. The van der Waals surface area contributed by atoms with Crippen LogP contribution in [0.15, 0.2) is 40.3 Å². The highest BCUT2D eigenvalue weighted by molar-refractivity contribution is 7.11. The van der Waals surface area contributed by atoms with Gasteiger partial charge in [-0.15, -0.1) is 11.3 Å². The second-order valence-electron chi connectivity index (χ2n) is 4.95. The fourth-order valence-electron chi connectivity index (χ4n) is 2.16. The van der Waals surface area contributed by atoms with Gasteiger partial charge in [-0.3, -0.25) is 10.1 Å². The Bertz CT molecular complexity index is 898. The molecule has 3 rings (SSSR count). The van der Waals surface area contributed by atoms with Crippen LogP contribution in [-0.4, -0.2) is 23.9 Å². The Morgan fingerprint density at radius 3 is 2.79 bits per heavy atom. The summed E-state index contributed by atoms with van der Waals surface area (Å²) in [4.78, 5) is 27.5. The first-order valence-electron chi connectivity index (χ1n) is 6.89. The molecule has 0 unspecified atom stereocenters. The van der Waals surface area contributed by atoms with E-state index in [4.69, 9.17) is 9.47 Å². The van der Waals surface area contributed by atoms with Gasteiger partial charge in [-0.25, -0.2) is 9.79 Å². The summed E-state index contributed by atoms with van der Waals surface area (Å²) in [7, 11) is 1.42. The third-order valence-electron chi connectivity index (χ3n) is 3.41. The Hall–Kier alpha value is -3.00. The lowest BCUT2D eigenvalue weighted by Crippen LogP contribution is -2.07. The quantitative estimate of drug-likeness (QED) is 0.367. The van der Waals surface area contributed by atoms with Crippen LogP contribution < -0.4 is 4.74 Å². The molecule has 0 N–H and O–H groups in total. The minimum absolute atomic E-state index is 0.0130. The van der Waals surface area contributed by atoms with Gasteiger partial charge in [0.05, 0.1) is 17.6 Å². The van der Waals surface area contributed by atoms with Crippen LogP contribution in [0.25, 0.3) is 6.08 Å². The topological polar surface area (TPSA) is 91.0 Å². The molecule has 0 amide bonds. The van der Waals surface area contributed by atoms with E-state index in [1.165, 1.54) is 36.6 Å². The zero-order chi connectivity index (χ0) is 17.3. The number of aryl methyl sites for hydroxylation is 1. The summed E-state index contributed by atoms with van der Waals surface area (Å²) in [6, 6.07) is 5.95. The van der Waals surface area contributed by atoms with Crippen molar-refractivity contribution in [2.45, 2.75) is 6.92 Å². The summed E-state index contributed by atoms with van der Waals surface area (Å²) in [6.07, 6.45) is 1.64. The number of nitro benzene ring substituents is 1. The van der Waals surface area contributed by atoms with Gasteiger partial charge in [0, 0.05) is 17.0 Å². The van der Waals surface area contributed by atoms with E-state index < -0.39 is 10.9 Å². The number of methoxy groups -OCH3 is 1. The smallest absolute Gasteiger partial charge is 0.363 e. The van der Waals surface area contributed by atoms with E-state index in [1.54, 1.807) is 6.08 Å². The van der Waals surface area contributed by atoms with Gasteiger partial charge in [0.15, 0.2) is 5.70 Å². The van der Waals surface area contributed by atoms with E-state index >= 15 is 0 Å². The maximum absolute atomic E-state index is 12.0. The Kier molecular flexibility index (Phi) is 4.13. The number of non-ortho nitro benzene ring substituents is 1. The molecule has 122 valence electrons. The molecule has 7 nitrogen and oxygen atoms in total. The van der Waals surface area contributed by atoms with Crippen molar-refractivity contribution in [3.05, 3.63) is 61.5 Å². The summed E-state index contributed by atoms with van der Waals surface area (Å²) in [5.41, 5.74) is 1.28. The van der Waals surface area contributed by atoms with Crippen molar-refractivity contribution >= 4 is 35.0 Å². The predicted molar refractivity (Wildman–Crippen MR) is 89.3 cm³/mol. The standard InChI is InChI=1S/C16H12N2O5S/c1-9-5-6-24-14(9)8-12-16(19)23-15(17-12)11-7-10(18(20)21)3-4-13(11)22-2/h3-8H,1-2H3/b12-8-. The zero-order valence-corrected chi connectivity index (χ0v) is 13.6. The molecule has 1 aliphatic rings. The van der Waals surface area contributed by atoms with Gasteiger partial charge in [0.25, 0.3) is 5.69 Å². The van der Waals surface area contributed by atoms with E-state index in [0.29, 0.717) is 5.75 Å². The minimum atomic E-state index is -0.605. The maximum atomic E-state index is 12.0. The van der Waals surface area contributed by atoms with E-state index in [9.17, 15) is 14.9 Å². The van der Waals surface area contributed by atoms with Gasteiger partial charge < -0.3 is 9.47 Å². The molecule has 1 aromatic carbocycles. The van der Waals surface area contributed by atoms with E-state index in [1.807, 2.05) is 18.4 Å². The molecule has 0 fully saturated rings. The molecular weight excluding hydrogens is 332 g/mol. The highest BCUT2D eigenvalue weighted by Crippen LogP contribution is 2.29. The van der Waals surface area contributed by atoms with Crippen LogP contribution in [0.3, 0.4) is 0 Å². The van der Waals surface area contributed by atoms with Crippen LogP contribution in [-0.2, 0) is 9.53 Å². The van der Waals surface area contributed by atoms with Crippen LogP contribution in [0.2, 0.25) is 0 Å². The fraction of sp³-hybridized carbons (Fsp3) is 0.125. The van der Waals surface area contributed by atoms with Crippen molar-refractivity contribution in [1.82, 2.24) is 0 Å². The molecule has 0 spiro atoms. The molecule has 1 aromatic heterocycles. The lowest BCUT2D eigenvalue weighted by atomic mass is 10.1. The largest absolute Gasteiger partial charge is 0.496 e. The number of nitrogens with zero attached hydrogens (tertiary/aromatic N) is 2. The number of benzene rings is 1. The molecular formula is C16H12N2O5S. The van der Waals surface area contributed by atoms with Crippen LogP contribution in [0.4, 0.5) is 5.69 Å². The van der Waals surface area contributed by atoms with Crippen molar-refractivity contribution in [3.63, 3.8) is 0 Å². The summed E-state index contributed by atoms with van der Waals surface area (Å²) >= 11 is 1.48. The predicted octanol–water partition coefficient (Wildman–Crippen LogP) is 3.32. The highest BCUT2D eigenvalue weighted by atomic mass is 32.1. The van der Waals surface area contributed by atoms with Gasteiger partial charge in [-0.05, 0) is 36.1 Å². The molecule has 0 saturated heterocycles. The van der Waals surface area contributed by atoms with Gasteiger partial charge in [0.1, 0.15) is 5.75 Å². The number of nitro groups is 1. The van der Waals surface area contributed by atoms with Gasteiger partial charge in [0.2, 0.25) is 5.90 Å². The second kappa shape index (κ2) is 6.25. The van der Waals surface area contributed by atoms with Crippen LogP contribution in [0.1, 0.15) is 16.0 Å². The van der Waals surface area contributed by atoms with Crippen molar-refractivity contribution in [3.8, 4) is 5.75 Å². The number of hydrogen-bond donors (Lipinski definition) is 0. The third kappa shape index (κ3) is 2.91. The Balaban J connectivity index is 2.04. The Morgan fingerprint density at radius 1 is 1.38 bits per heavy atom. The fourth-order valence-corrected chi connectivity index (χ4v) is 3.01. The first-order chi connectivity index (χ1) is 11.5. The zero-order valence-electron chi connectivity index (χ0n) is 12.8. The number of thiophene rings is 1. The van der Waals surface area contributed by atoms with Crippen LogP contribution in [0.5, 0.6) is 5.75 Å². The monoisotopic (exact) mass is 344 g/mol. The molecule has 2 heterocycles. The summed E-state index contributed by atoms with van der Waals surface area (Å²) < 4.78 is 10.3. The molecule has 1 aliphatic heterocycles. The van der Waals surface area contributed by atoms with Crippen LogP contribution >= 0.6 is 11.3 Å². The van der Waals surface area contributed by atoms with Crippen molar-refractivity contribution < 1.29 is 19.2 Å². The van der Waals surface area contributed by atoms with Crippen molar-refractivity contribution in [2.75, 3.05) is 7.11 Å². The number of carbonyl (C=O) groups excluding carboxylic acids is 1. The first kappa shape index (κ1) is 15.9. The molecule has 24 heavy (non-hydrogen) atoms. The molecule has 8 heteroatoms. The van der Waals surface area contributed by atoms with Crippen molar-refractivity contribution in [1.29, 1.82) is 0 Å². The van der Waals surface area contributed by atoms with Crippen LogP contribution in [0, 0.1) is 17.0 Å². The SMILES string of the molecule is COc1ccc([N+](=O)[O-])cc1C1=N/C(=C\c2sccc2C)C(=O)O1. The summed E-state index contributed by atoms with van der Waals surface area (Å²) in [5.74, 6) is -0.284. The normalized spacial score (nSPS) is 15.3. The molecule has 0 bridgehead atoms. The third-order valence-corrected chi connectivity index (χ3v) is 4.38. The Labute approximate surface area is 141 Å². The first-order valence-corrected chi connectivity index (χ1v) is 7.77. The lowest BCUT2D eigenvalue weighted by Gasteiger charge is -2.06. The minimum Gasteiger partial charge on any atom is -0.496 e. The summed E-state index contributed by atoms with van der Waals surface area (Å²) in [5, 5.41) is 12.9. The average molecular weight is 344 g/mol. The number of cyclic esters (lactones) is 1. The maximum Gasteiger partial charge on any atom is 0.363 e. The number of rotatable bonds is 4. The number of aliphatic imine (C=N–C) groups is 1. The number of esters is 1.